The summed E-state index contributed by atoms with van der Waals surface area (Å²) in [6.07, 6.45) is 7.81. The fourth-order valence-electron chi connectivity index (χ4n) is 4.09. The van der Waals surface area contributed by atoms with E-state index in [9.17, 15) is 0 Å². The highest BCUT2D eigenvalue weighted by atomic mass is 79.9. The maximum atomic E-state index is 3.90. The van der Waals surface area contributed by atoms with E-state index >= 15 is 0 Å². The smallest absolute Gasteiger partial charge is 0.0233 e. The third kappa shape index (κ3) is 5.69. The lowest BCUT2D eigenvalue weighted by atomic mass is 9.83. The van der Waals surface area contributed by atoms with E-state index in [2.05, 4.69) is 82.4 Å². The first-order valence-corrected chi connectivity index (χ1v) is 11.2. The third-order valence-corrected chi connectivity index (χ3v) is 6.82. The second kappa shape index (κ2) is 10.3. The Morgan fingerprint density at radius 3 is 2.35 bits per heavy atom. The number of hydrogen-bond acceptors (Lipinski definition) is 1. The topological polar surface area (TPSA) is 3.24 Å². The van der Waals surface area contributed by atoms with Gasteiger partial charge in [-0.3, -0.25) is 4.90 Å². The highest BCUT2D eigenvalue weighted by molar-refractivity contribution is 9.09. The quantitative estimate of drug-likeness (QED) is 0.442. The van der Waals surface area contributed by atoms with Crippen LogP contribution < -0.4 is 0 Å². The van der Waals surface area contributed by atoms with Gasteiger partial charge in [0.25, 0.3) is 0 Å². The van der Waals surface area contributed by atoms with Crippen molar-refractivity contribution < 1.29 is 0 Å². The van der Waals surface area contributed by atoms with Crippen molar-refractivity contribution in [1.82, 2.24) is 4.90 Å². The summed E-state index contributed by atoms with van der Waals surface area (Å²) in [5, 5.41) is 0. The maximum absolute atomic E-state index is 3.90. The standard InChI is InChI=1S/C24H32BrN/c1-2-26(19-21-9-4-3-5-10-21)18-8-11-20-14-16-22(17-15-20)23-12-6-7-13-24(23)25/h3-5,9-10,14-17,23-24H,2,6-8,11-13,18-19H2,1H3. The molecule has 1 aliphatic carbocycles. The van der Waals surface area contributed by atoms with E-state index in [1.165, 1.54) is 61.8 Å². The normalized spacial score (nSPS) is 20.4. The highest BCUT2D eigenvalue weighted by Crippen LogP contribution is 2.37. The number of rotatable bonds is 8. The first kappa shape index (κ1) is 19.6. The highest BCUT2D eigenvalue weighted by Gasteiger charge is 2.23. The number of nitrogens with zero attached hydrogens (tertiary/aromatic N) is 1. The van der Waals surface area contributed by atoms with E-state index in [1.807, 2.05) is 0 Å². The summed E-state index contributed by atoms with van der Waals surface area (Å²) in [4.78, 5) is 3.21. The van der Waals surface area contributed by atoms with Crippen LogP contribution in [0.1, 0.15) is 61.6 Å². The second-order valence-corrected chi connectivity index (χ2v) is 8.78. The molecule has 2 unspecified atom stereocenters. The average molecular weight is 414 g/mol. The summed E-state index contributed by atoms with van der Waals surface area (Å²) in [6, 6.07) is 20.3. The van der Waals surface area contributed by atoms with Gasteiger partial charge in [-0.2, -0.15) is 0 Å². The van der Waals surface area contributed by atoms with Gasteiger partial charge >= 0.3 is 0 Å². The minimum atomic E-state index is 0.665. The monoisotopic (exact) mass is 413 g/mol. The van der Waals surface area contributed by atoms with Crippen molar-refractivity contribution in [2.75, 3.05) is 13.1 Å². The van der Waals surface area contributed by atoms with Crippen LogP contribution in [0.2, 0.25) is 0 Å². The van der Waals surface area contributed by atoms with Gasteiger partial charge in [0, 0.05) is 11.4 Å². The molecular formula is C24H32BrN. The Hall–Kier alpha value is -1.12. The Bertz CT molecular complexity index is 637. The van der Waals surface area contributed by atoms with Crippen molar-refractivity contribution in [2.24, 2.45) is 0 Å². The first-order chi connectivity index (χ1) is 12.8. The molecule has 140 valence electrons. The predicted molar refractivity (Wildman–Crippen MR) is 116 cm³/mol. The van der Waals surface area contributed by atoms with Gasteiger partial charge in [-0.1, -0.05) is 90.3 Å². The Kier molecular flexibility index (Phi) is 7.76. The molecule has 26 heavy (non-hydrogen) atoms. The molecule has 1 saturated carbocycles. The van der Waals surface area contributed by atoms with Crippen LogP contribution in [0.15, 0.2) is 54.6 Å². The van der Waals surface area contributed by atoms with Crippen LogP contribution in [0.4, 0.5) is 0 Å². The van der Waals surface area contributed by atoms with Gasteiger partial charge in [-0.15, -0.1) is 0 Å². The molecule has 1 fully saturated rings. The SMILES string of the molecule is CCN(CCCc1ccc(C2CCCCC2Br)cc1)Cc1ccccc1. The Morgan fingerprint density at radius 1 is 0.923 bits per heavy atom. The maximum Gasteiger partial charge on any atom is 0.0233 e. The van der Waals surface area contributed by atoms with Gasteiger partial charge in [-0.25, -0.2) is 0 Å². The molecule has 0 heterocycles. The van der Waals surface area contributed by atoms with Gasteiger partial charge in [0.2, 0.25) is 0 Å². The molecule has 0 N–H and O–H groups in total. The number of alkyl halides is 1. The zero-order chi connectivity index (χ0) is 18.2. The van der Waals surface area contributed by atoms with Crippen LogP contribution in [0.25, 0.3) is 0 Å². The fraction of sp³-hybridized carbons (Fsp3) is 0.500. The van der Waals surface area contributed by atoms with Crippen LogP contribution >= 0.6 is 15.9 Å². The molecule has 2 aromatic rings. The molecule has 1 nitrogen and oxygen atoms in total. The van der Waals surface area contributed by atoms with Crippen molar-refractivity contribution in [1.29, 1.82) is 0 Å². The van der Waals surface area contributed by atoms with Crippen molar-refractivity contribution in [3.05, 3.63) is 71.3 Å². The van der Waals surface area contributed by atoms with E-state index < -0.39 is 0 Å². The molecule has 0 amide bonds. The van der Waals surface area contributed by atoms with E-state index in [4.69, 9.17) is 0 Å². The van der Waals surface area contributed by atoms with Crippen LogP contribution in [0.5, 0.6) is 0 Å². The average Bonchev–Trinajstić information content (AvgIpc) is 2.69. The van der Waals surface area contributed by atoms with Gasteiger partial charge in [0.15, 0.2) is 0 Å². The summed E-state index contributed by atoms with van der Waals surface area (Å²) in [5.74, 6) is 0.708. The lowest BCUT2D eigenvalue weighted by Gasteiger charge is -2.27. The van der Waals surface area contributed by atoms with E-state index in [-0.39, 0.29) is 0 Å². The molecule has 2 aromatic carbocycles. The van der Waals surface area contributed by atoms with Crippen LogP contribution in [-0.2, 0) is 13.0 Å². The molecule has 0 radical (unpaired) electrons. The minimum absolute atomic E-state index is 0.665. The molecule has 3 rings (SSSR count). The summed E-state index contributed by atoms with van der Waals surface area (Å²) < 4.78 is 0. The molecule has 2 heteroatoms. The lowest BCUT2D eigenvalue weighted by molar-refractivity contribution is 0.276. The molecule has 0 aliphatic heterocycles. The molecule has 2 atom stereocenters. The van der Waals surface area contributed by atoms with Gasteiger partial charge in [0.1, 0.15) is 0 Å². The van der Waals surface area contributed by atoms with E-state index in [1.54, 1.807) is 0 Å². The van der Waals surface area contributed by atoms with Crippen molar-refractivity contribution in [2.45, 2.75) is 62.7 Å². The minimum Gasteiger partial charge on any atom is -0.299 e. The van der Waals surface area contributed by atoms with Gasteiger partial charge < -0.3 is 0 Å². The summed E-state index contributed by atoms with van der Waals surface area (Å²) in [7, 11) is 0. The van der Waals surface area contributed by atoms with Crippen molar-refractivity contribution >= 4 is 15.9 Å². The first-order valence-electron chi connectivity index (χ1n) is 10.3. The predicted octanol–water partition coefficient (Wildman–Crippen LogP) is 6.56. The Labute approximate surface area is 167 Å². The van der Waals surface area contributed by atoms with Crippen LogP contribution in [0, 0.1) is 0 Å². The summed E-state index contributed by atoms with van der Waals surface area (Å²) in [6.45, 7) is 5.60. The summed E-state index contributed by atoms with van der Waals surface area (Å²) in [5.41, 5.74) is 4.41. The molecule has 0 aromatic heterocycles. The number of benzene rings is 2. The Morgan fingerprint density at radius 2 is 1.65 bits per heavy atom. The van der Waals surface area contributed by atoms with Crippen molar-refractivity contribution in [3.63, 3.8) is 0 Å². The number of halogens is 1. The van der Waals surface area contributed by atoms with Gasteiger partial charge in [0.05, 0.1) is 0 Å². The zero-order valence-corrected chi connectivity index (χ0v) is 17.6. The molecule has 0 saturated heterocycles. The Balaban J connectivity index is 1.46. The fourth-order valence-corrected chi connectivity index (χ4v) is 4.98. The molecule has 0 bridgehead atoms. The number of aryl methyl sites for hydroxylation is 1. The molecule has 0 spiro atoms. The largest absolute Gasteiger partial charge is 0.299 e. The third-order valence-electron chi connectivity index (χ3n) is 5.73. The van der Waals surface area contributed by atoms with Gasteiger partial charge in [-0.05, 0) is 61.4 Å². The number of hydrogen-bond donors (Lipinski definition) is 0. The molecular weight excluding hydrogens is 382 g/mol. The van der Waals surface area contributed by atoms with E-state index in [0.29, 0.717) is 10.7 Å². The lowest BCUT2D eigenvalue weighted by Crippen LogP contribution is -2.24. The van der Waals surface area contributed by atoms with Crippen LogP contribution in [0.3, 0.4) is 0 Å². The van der Waals surface area contributed by atoms with Crippen LogP contribution in [-0.4, -0.2) is 22.8 Å². The molecule has 1 aliphatic rings. The second-order valence-electron chi connectivity index (χ2n) is 7.61. The van der Waals surface area contributed by atoms with Crippen molar-refractivity contribution in [3.8, 4) is 0 Å². The summed E-state index contributed by atoms with van der Waals surface area (Å²) >= 11 is 3.90. The van der Waals surface area contributed by atoms with E-state index in [0.717, 1.165) is 13.1 Å². The zero-order valence-electron chi connectivity index (χ0n) is 16.0.